The highest BCUT2D eigenvalue weighted by molar-refractivity contribution is 5.06. The molecule has 1 aromatic heterocycles. The fourth-order valence-electron chi connectivity index (χ4n) is 2.59. The van der Waals surface area contributed by atoms with Gasteiger partial charge in [0.15, 0.2) is 5.79 Å². The minimum Gasteiger partial charge on any atom is -0.347 e. The fraction of sp³-hybridized carbons (Fsp3) is 0.588. The van der Waals surface area contributed by atoms with E-state index in [0.717, 1.165) is 37.8 Å². The number of aromatic nitrogens is 1. The topological polar surface area (TPSA) is 31.4 Å². The van der Waals surface area contributed by atoms with E-state index >= 15 is 0 Å². The van der Waals surface area contributed by atoms with Gasteiger partial charge in [-0.3, -0.25) is 4.98 Å². The Balaban J connectivity index is 1.79. The van der Waals surface area contributed by atoms with E-state index in [2.05, 4.69) is 10.9 Å². The second kappa shape index (κ2) is 8.04. The Morgan fingerprint density at radius 3 is 2.65 bits per heavy atom. The standard InChI is InChI=1S/C17H23NO2/c1-2-3-4-5-6-8-11-17(19-13-14-20-17)15-16-10-7-9-12-18-16/h1,7,9-10,12H,3-6,8,11,13-15H2. The predicted molar refractivity (Wildman–Crippen MR) is 79.1 cm³/mol. The highest BCUT2D eigenvalue weighted by atomic mass is 16.7. The minimum absolute atomic E-state index is 0.458. The summed E-state index contributed by atoms with van der Waals surface area (Å²) in [5.74, 6) is 2.22. The molecular weight excluding hydrogens is 250 g/mol. The smallest absolute Gasteiger partial charge is 0.173 e. The van der Waals surface area contributed by atoms with Crippen molar-refractivity contribution in [2.24, 2.45) is 0 Å². The molecule has 0 amide bonds. The largest absolute Gasteiger partial charge is 0.347 e. The molecule has 0 radical (unpaired) electrons. The number of ether oxygens (including phenoxy) is 2. The van der Waals surface area contributed by atoms with E-state index in [1.54, 1.807) is 0 Å². The lowest BCUT2D eigenvalue weighted by Crippen LogP contribution is -2.33. The number of nitrogens with zero attached hydrogens (tertiary/aromatic N) is 1. The van der Waals surface area contributed by atoms with Crippen molar-refractivity contribution in [3.63, 3.8) is 0 Å². The zero-order chi connectivity index (χ0) is 14.1. The van der Waals surface area contributed by atoms with E-state index in [-0.39, 0.29) is 0 Å². The van der Waals surface area contributed by atoms with E-state index in [4.69, 9.17) is 15.9 Å². The first kappa shape index (κ1) is 15.0. The summed E-state index contributed by atoms with van der Waals surface area (Å²) in [5, 5.41) is 0. The Morgan fingerprint density at radius 2 is 1.95 bits per heavy atom. The van der Waals surface area contributed by atoms with E-state index in [0.29, 0.717) is 13.2 Å². The molecule has 108 valence electrons. The Kier molecular flexibility index (Phi) is 6.04. The molecule has 0 atom stereocenters. The maximum atomic E-state index is 5.88. The molecule has 0 N–H and O–H groups in total. The van der Waals surface area contributed by atoms with Gasteiger partial charge < -0.3 is 9.47 Å². The maximum Gasteiger partial charge on any atom is 0.173 e. The van der Waals surface area contributed by atoms with Gasteiger partial charge in [-0.1, -0.05) is 18.9 Å². The van der Waals surface area contributed by atoms with Gasteiger partial charge in [-0.05, 0) is 25.0 Å². The zero-order valence-corrected chi connectivity index (χ0v) is 12.0. The summed E-state index contributed by atoms with van der Waals surface area (Å²) in [7, 11) is 0. The summed E-state index contributed by atoms with van der Waals surface area (Å²) in [5.41, 5.74) is 1.03. The third-order valence-electron chi connectivity index (χ3n) is 3.62. The van der Waals surface area contributed by atoms with Crippen LogP contribution < -0.4 is 0 Å². The van der Waals surface area contributed by atoms with Crippen molar-refractivity contribution in [3.05, 3.63) is 30.1 Å². The first-order valence-electron chi connectivity index (χ1n) is 7.46. The van der Waals surface area contributed by atoms with Crippen LogP contribution in [0, 0.1) is 12.3 Å². The molecule has 0 aromatic carbocycles. The van der Waals surface area contributed by atoms with Gasteiger partial charge in [0, 0.05) is 31.2 Å². The third kappa shape index (κ3) is 4.63. The van der Waals surface area contributed by atoms with Gasteiger partial charge in [-0.25, -0.2) is 0 Å². The summed E-state index contributed by atoms with van der Waals surface area (Å²) in [6, 6.07) is 5.96. The van der Waals surface area contributed by atoms with Gasteiger partial charge >= 0.3 is 0 Å². The summed E-state index contributed by atoms with van der Waals surface area (Å²) in [6.07, 6.45) is 14.2. The number of pyridine rings is 1. The molecule has 1 fully saturated rings. The monoisotopic (exact) mass is 273 g/mol. The molecule has 0 saturated carbocycles. The molecular formula is C17H23NO2. The van der Waals surface area contributed by atoms with Gasteiger partial charge in [0.2, 0.25) is 0 Å². The van der Waals surface area contributed by atoms with Gasteiger partial charge in [-0.15, -0.1) is 12.3 Å². The molecule has 0 unspecified atom stereocenters. The SMILES string of the molecule is C#CCCCCCCC1(Cc2ccccn2)OCCO1. The molecule has 1 aliphatic rings. The highest BCUT2D eigenvalue weighted by Crippen LogP contribution is 2.29. The van der Waals surface area contributed by atoms with Crippen LogP contribution in [0.25, 0.3) is 0 Å². The second-order valence-corrected chi connectivity index (χ2v) is 5.22. The van der Waals surface area contributed by atoms with E-state index in [1.807, 2.05) is 24.4 Å². The lowest BCUT2D eigenvalue weighted by atomic mass is 10.0. The minimum atomic E-state index is -0.458. The third-order valence-corrected chi connectivity index (χ3v) is 3.62. The molecule has 2 heterocycles. The number of unbranched alkanes of at least 4 members (excludes halogenated alkanes) is 4. The van der Waals surface area contributed by atoms with Crippen molar-refractivity contribution >= 4 is 0 Å². The summed E-state index contributed by atoms with van der Waals surface area (Å²) < 4.78 is 11.8. The van der Waals surface area contributed by atoms with Crippen molar-refractivity contribution in [1.29, 1.82) is 0 Å². The lowest BCUT2D eigenvalue weighted by Gasteiger charge is -2.27. The summed E-state index contributed by atoms with van der Waals surface area (Å²) in [4.78, 5) is 4.37. The average molecular weight is 273 g/mol. The fourth-order valence-corrected chi connectivity index (χ4v) is 2.59. The van der Waals surface area contributed by atoms with Crippen LogP contribution in [0.4, 0.5) is 0 Å². The van der Waals surface area contributed by atoms with Crippen molar-refractivity contribution in [1.82, 2.24) is 4.98 Å². The number of hydrogen-bond donors (Lipinski definition) is 0. The quantitative estimate of drug-likeness (QED) is 0.538. The molecule has 3 heteroatoms. The number of rotatable bonds is 8. The van der Waals surface area contributed by atoms with Crippen LogP contribution >= 0.6 is 0 Å². The van der Waals surface area contributed by atoms with Gasteiger partial charge in [0.1, 0.15) is 0 Å². The molecule has 2 rings (SSSR count). The Morgan fingerprint density at radius 1 is 1.15 bits per heavy atom. The van der Waals surface area contributed by atoms with Gasteiger partial charge in [0.05, 0.1) is 13.2 Å². The van der Waals surface area contributed by atoms with Crippen molar-refractivity contribution in [2.75, 3.05) is 13.2 Å². The van der Waals surface area contributed by atoms with Crippen molar-refractivity contribution in [2.45, 2.75) is 50.7 Å². The molecule has 3 nitrogen and oxygen atoms in total. The van der Waals surface area contributed by atoms with Crippen LogP contribution in [-0.2, 0) is 15.9 Å². The van der Waals surface area contributed by atoms with E-state index in [1.165, 1.54) is 12.8 Å². The molecule has 0 aliphatic carbocycles. The number of hydrogen-bond acceptors (Lipinski definition) is 3. The predicted octanol–water partition coefficient (Wildman–Crippen LogP) is 3.34. The molecule has 1 aromatic rings. The molecule has 0 spiro atoms. The Hall–Kier alpha value is -1.37. The summed E-state index contributed by atoms with van der Waals surface area (Å²) >= 11 is 0. The highest BCUT2D eigenvalue weighted by Gasteiger charge is 2.36. The van der Waals surface area contributed by atoms with Gasteiger partial charge in [0.25, 0.3) is 0 Å². The van der Waals surface area contributed by atoms with Crippen LogP contribution in [-0.4, -0.2) is 24.0 Å². The molecule has 1 saturated heterocycles. The van der Waals surface area contributed by atoms with Gasteiger partial charge in [-0.2, -0.15) is 0 Å². The van der Waals surface area contributed by atoms with Crippen LogP contribution in [0.1, 0.15) is 44.2 Å². The van der Waals surface area contributed by atoms with E-state index < -0.39 is 5.79 Å². The Bertz CT molecular complexity index is 418. The average Bonchev–Trinajstić information content (AvgIpc) is 2.92. The summed E-state index contributed by atoms with van der Waals surface area (Å²) in [6.45, 7) is 1.37. The Labute approximate surface area is 121 Å². The van der Waals surface area contributed by atoms with Crippen LogP contribution in [0.5, 0.6) is 0 Å². The zero-order valence-electron chi connectivity index (χ0n) is 12.0. The lowest BCUT2D eigenvalue weighted by molar-refractivity contribution is -0.162. The van der Waals surface area contributed by atoms with Crippen LogP contribution in [0.15, 0.2) is 24.4 Å². The van der Waals surface area contributed by atoms with Crippen LogP contribution in [0.3, 0.4) is 0 Å². The molecule has 20 heavy (non-hydrogen) atoms. The normalized spacial score (nSPS) is 16.9. The van der Waals surface area contributed by atoms with Crippen LogP contribution in [0.2, 0.25) is 0 Å². The van der Waals surface area contributed by atoms with Crippen molar-refractivity contribution in [3.8, 4) is 12.3 Å². The first-order chi connectivity index (χ1) is 9.85. The maximum absolute atomic E-state index is 5.88. The molecule has 1 aliphatic heterocycles. The number of terminal acetylenes is 1. The van der Waals surface area contributed by atoms with E-state index in [9.17, 15) is 0 Å². The molecule has 0 bridgehead atoms. The van der Waals surface area contributed by atoms with Crippen molar-refractivity contribution < 1.29 is 9.47 Å². The first-order valence-corrected chi connectivity index (χ1v) is 7.46. The second-order valence-electron chi connectivity index (χ2n) is 5.22.